The molecule has 0 bridgehead atoms. The highest BCUT2D eigenvalue weighted by molar-refractivity contribution is 4.82. The van der Waals surface area contributed by atoms with Gasteiger partial charge >= 0.3 is 0 Å². The molecule has 0 aromatic heterocycles. The molecule has 2 fully saturated rings. The van der Waals surface area contributed by atoms with Crippen LogP contribution in [0.15, 0.2) is 0 Å². The third kappa shape index (κ3) is 3.44. The second-order valence-corrected chi connectivity index (χ2v) is 5.43. The highest BCUT2D eigenvalue weighted by Crippen LogP contribution is 2.17. The molecule has 2 aliphatic heterocycles. The molecule has 3 atom stereocenters. The summed E-state index contributed by atoms with van der Waals surface area (Å²) in [5.74, 6) is 0. The standard InChI is InChI=1S/C13H26N2O/c1-11-10-15(12(2)9-14-11)7-6-13-5-3-4-8-16-13/h11-14H,3-10H2,1-2H3. The first-order valence-corrected chi connectivity index (χ1v) is 6.84. The van der Waals surface area contributed by atoms with Crippen molar-refractivity contribution in [3.8, 4) is 0 Å². The number of hydrogen-bond acceptors (Lipinski definition) is 3. The molecule has 2 aliphatic rings. The molecule has 0 radical (unpaired) electrons. The van der Waals surface area contributed by atoms with Crippen molar-refractivity contribution < 1.29 is 4.74 Å². The summed E-state index contributed by atoms with van der Waals surface area (Å²) >= 11 is 0. The van der Waals surface area contributed by atoms with Crippen LogP contribution in [-0.2, 0) is 4.74 Å². The summed E-state index contributed by atoms with van der Waals surface area (Å²) in [7, 11) is 0. The van der Waals surface area contributed by atoms with Gasteiger partial charge in [0.2, 0.25) is 0 Å². The Hall–Kier alpha value is -0.120. The van der Waals surface area contributed by atoms with Crippen molar-refractivity contribution in [2.24, 2.45) is 0 Å². The molecular formula is C13H26N2O. The highest BCUT2D eigenvalue weighted by atomic mass is 16.5. The van der Waals surface area contributed by atoms with Gasteiger partial charge in [-0.1, -0.05) is 0 Å². The highest BCUT2D eigenvalue weighted by Gasteiger charge is 2.23. The normalized spacial score (nSPS) is 37.5. The fraction of sp³-hybridized carbons (Fsp3) is 1.00. The summed E-state index contributed by atoms with van der Waals surface area (Å²) in [6.45, 7) is 9.10. The fourth-order valence-corrected chi connectivity index (χ4v) is 2.75. The molecule has 0 aliphatic carbocycles. The van der Waals surface area contributed by atoms with E-state index in [1.54, 1.807) is 0 Å². The molecule has 0 amide bonds. The molecule has 2 heterocycles. The van der Waals surface area contributed by atoms with Gasteiger partial charge in [-0.15, -0.1) is 0 Å². The van der Waals surface area contributed by atoms with Crippen LogP contribution >= 0.6 is 0 Å². The Labute approximate surface area is 99.5 Å². The summed E-state index contributed by atoms with van der Waals surface area (Å²) in [6, 6.07) is 1.32. The first-order valence-electron chi connectivity index (χ1n) is 6.84. The molecule has 3 heteroatoms. The van der Waals surface area contributed by atoms with E-state index in [0.717, 1.165) is 13.2 Å². The van der Waals surface area contributed by atoms with E-state index in [4.69, 9.17) is 4.74 Å². The number of rotatable bonds is 3. The minimum Gasteiger partial charge on any atom is -0.378 e. The summed E-state index contributed by atoms with van der Waals surface area (Å²) in [5, 5.41) is 3.53. The zero-order valence-electron chi connectivity index (χ0n) is 10.7. The molecule has 0 spiro atoms. The van der Waals surface area contributed by atoms with Crippen LogP contribution in [0.3, 0.4) is 0 Å². The first-order chi connectivity index (χ1) is 7.75. The van der Waals surface area contributed by atoms with Gasteiger partial charge in [0, 0.05) is 38.3 Å². The van der Waals surface area contributed by atoms with Gasteiger partial charge in [-0.3, -0.25) is 4.90 Å². The van der Waals surface area contributed by atoms with Crippen molar-refractivity contribution in [2.75, 3.05) is 26.2 Å². The SMILES string of the molecule is CC1CN(CCC2CCCCO2)C(C)CN1. The monoisotopic (exact) mass is 226 g/mol. The van der Waals surface area contributed by atoms with Crippen molar-refractivity contribution >= 4 is 0 Å². The topological polar surface area (TPSA) is 24.5 Å². The molecule has 2 rings (SSSR count). The number of hydrogen-bond donors (Lipinski definition) is 1. The van der Waals surface area contributed by atoms with Gasteiger partial charge in [-0.05, 0) is 39.5 Å². The van der Waals surface area contributed by atoms with E-state index in [1.807, 2.05) is 0 Å². The summed E-state index contributed by atoms with van der Waals surface area (Å²) < 4.78 is 5.79. The quantitative estimate of drug-likeness (QED) is 0.791. The average Bonchev–Trinajstić information content (AvgIpc) is 2.32. The second-order valence-electron chi connectivity index (χ2n) is 5.43. The van der Waals surface area contributed by atoms with Crippen LogP contribution in [0.4, 0.5) is 0 Å². The van der Waals surface area contributed by atoms with Gasteiger partial charge in [0.1, 0.15) is 0 Å². The van der Waals surface area contributed by atoms with Crippen LogP contribution in [0, 0.1) is 0 Å². The Morgan fingerprint density at radius 1 is 1.31 bits per heavy atom. The summed E-state index contributed by atoms with van der Waals surface area (Å²) in [6.07, 6.45) is 5.65. The van der Waals surface area contributed by atoms with Gasteiger partial charge in [0.15, 0.2) is 0 Å². The largest absolute Gasteiger partial charge is 0.378 e. The zero-order valence-corrected chi connectivity index (χ0v) is 10.7. The molecule has 0 aromatic carbocycles. The van der Waals surface area contributed by atoms with E-state index in [9.17, 15) is 0 Å². The minimum atomic E-state index is 0.533. The van der Waals surface area contributed by atoms with Crippen molar-refractivity contribution in [3.63, 3.8) is 0 Å². The van der Waals surface area contributed by atoms with Gasteiger partial charge in [0.05, 0.1) is 6.10 Å². The van der Waals surface area contributed by atoms with Crippen molar-refractivity contribution in [1.29, 1.82) is 0 Å². The van der Waals surface area contributed by atoms with Gasteiger partial charge < -0.3 is 10.1 Å². The van der Waals surface area contributed by atoms with Crippen LogP contribution in [0.5, 0.6) is 0 Å². The van der Waals surface area contributed by atoms with Crippen LogP contribution in [0.1, 0.15) is 39.5 Å². The molecule has 0 aromatic rings. The van der Waals surface area contributed by atoms with Crippen molar-refractivity contribution in [1.82, 2.24) is 10.2 Å². The van der Waals surface area contributed by atoms with Gasteiger partial charge in [-0.25, -0.2) is 0 Å². The smallest absolute Gasteiger partial charge is 0.0587 e. The maximum atomic E-state index is 5.79. The fourth-order valence-electron chi connectivity index (χ4n) is 2.75. The van der Waals surface area contributed by atoms with E-state index in [2.05, 4.69) is 24.1 Å². The zero-order chi connectivity index (χ0) is 11.4. The van der Waals surface area contributed by atoms with E-state index in [0.29, 0.717) is 18.2 Å². The molecule has 2 saturated heterocycles. The van der Waals surface area contributed by atoms with E-state index in [-0.39, 0.29) is 0 Å². The number of ether oxygens (including phenoxy) is 1. The third-order valence-corrected chi connectivity index (χ3v) is 3.91. The summed E-state index contributed by atoms with van der Waals surface area (Å²) in [5.41, 5.74) is 0. The lowest BCUT2D eigenvalue weighted by atomic mass is 10.0. The minimum absolute atomic E-state index is 0.533. The van der Waals surface area contributed by atoms with E-state index < -0.39 is 0 Å². The molecular weight excluding hydrogens is 200 g/mol. The number of piperazine rings is 1. The number of nitrogens with zero attached hydrogens (tertiary/aromatic N) is 1. The third-order valence-electron chi connectivity index (χ3n) is 3.91. The first kappa shape index (κ1) is 12.3. The number of nitrogens with one attached hydrogen (secondary N) is 1. The van der Waals surface area contributed by atoms with Gasteiger partial charge in [0.25, 0.3) is 0 Å². The molecule has 16 heavy (non-hydrogen) atoms. The lowest BCUT2D eigenvalue weighted by Crippen LogP contribution is -2.54. The van der Waals surface area contributed by atoms with Crippen LogP contribution in [0.25, 0.3) is 0 Å². The van der Waals surface area contributed by atoms with Gasteiger partial charge in [-0.2, -0.15) is 0 Å². The molecule has 0 saturated carbocycles. The predicted molar refractivity (Wildman–Crippen MR) is 66.7 cm³/mol. The van der Waals surface area contributed by atoms with Crippen LogP contribution < -0.4 is 5.32 Å². The lowest BCUT2D eigenvalue weighted by Gasteiger charge is -2.38. The molecule has 3 unspecified atom stereocenters. The Bertz CT molecular complexity index is 204. The average molecular weight is 226 g/mol. The van der Waals surface area contributed by atoms with E-state index in [1.165, 1.54) is 38.8 Å². The maximum Gasteiger partial charge on any atom is 0.0587 e. The van der Waals surface area contributed by atoms with Crippen molar-refractivity contribution in [3.05, 3.63) is 0 Å². The lowest BCUT2D eigenvalue weighted by molar-refractivity contribution is 0.000951. The Balaban J connectivity index is 1.71. The second kappa shape index (κ2) is 5.99. The molecule has 1 N–H and O–H groups in total. The Kier molecular flexibility index (Phi) is 4.62. The Morgan fingerprint density at radius 3 is 2.94 bits per heavy atom. The molecule has 3 nitrogen and oxygen atoms in total. The van der Waals surface area contributed by atoms with Crippen LogP contribution in [-0.4, -0.2) is 49.3 Å². The van der Waals surface area contributed by atoms with Crippen molar-refractivity contribution in [2.45, 2.75) is 57.7 Å². The maximum absolute atomic E-state index is 5.79. The predicted octanol–water partition coefficient (Wildman–Crippen LogP) is 1.63. The Morgan fingerprint density at radius 2 is 2.19 bits per heavy atom. The van der Waals surface area contributed by atoms with E-state index >= 15 is 0 Å². The summed E-state index contributed by atoms with van der Waals surface area (Å²) in [4.78, 5) is 2.61. The molecule has 94 valence electrons. The van der Waals surface area contributed by atoms with Crippen LogP contribution in [0.2, 0.25) is 0 Å².